The summed E-state index contributed by atoms with van der Waals surface area (Å²) < 4.78 is 0. The zero-order chi connectivity index (χ0) is 15.8. The molecule has 0 heterocycles. The summed E-state index contributed by atoms with van der Waals surface area (Å²) in [4.78, 5) is 4.77. The molecule has 2 rings (SSSR count). The molecule has 1 nitrogen and oxygen atoms in total. The Morgan fingerprint density at radius 2 is 2.00 bits per heavy atom. The Kier molecular flexibility index (Phi) is 5.91. The molecule has 22 heavy (non-hydrogen) atoms. The average molecular weight is 289 g/mol. The first kappa shape index (κ1) is 16.0. The summed E-state index contributed by atoms with van der Waals surface area (Å²) in [6.45, 7) is 8.36. The number of hydrogen-bond donors (Lipinski definition) is 0. The van der Waals surface area contributed by atoms with E-state index in [-0.39, 0.29) is 0 Å². The summed E-state index contributed by atoms with van der Waals surface area (Å²) in [6.07, 6.45) is 14.5. The summed E-state index contributed by atoms with van der Waals surface area (Å²) in [5.41, 5.74) is 5.39. The van der Waals surface area contributed by atoms with Crippen molar-refractivity contribution in [1.29, 1.82) is 0 Å². The molecule has 0 saturated carbocycles. The standard InChI is InChI=1S/C21H23N/c1-4-21(22-18(3)20-14-10-7-11-15-20)16-17(2)19-12-8-5-6-9-13-19/h5,7-16H,2,4,6H2,1,3H3/b21-16-,22-18?. The lowest BCUT2D eigenvalue weighted by molar-refractivity contribution is 1.06. The average Bonchev–Trinajstić information content (AvgIpc) is 2.84. The second kappa shape index (κ2) is 8.14. The summed E-state index contributed by atoms with van der Waals surface area (Å²) in [5.74, 6) is 0. The van der Waals surface area contributed by atoms with Gasteiger partial charge in [0.2, 0.25) is 0 Å². The zero-order valence-electron chi connectivity index (χ0n) is 13.4. The van der Waals surface area contributed by atoms with Gasteiger partial charge < -0.3 is 0 Å². The SMILES string of the molecule is C=C(/C=C(/CC)N=C(C)c1ccccc1)C1=CC=CCC=C1. The van der Waals surface area contributed by atoms with E-state index >= 15 is 0 Å². The molecule has 1 aromatic carbocycles. The van der Waals surface area contributed by atoms with E-state index in [4.69, 9.17) is 4.99 Å². The van der Waals surface area contributed by atoms with Crippen molar-refractivity contribution in [3.8, 4) is 0 Å². The van der Waals surface area contributed by atoms with E-state index in [9.17, 15) is 0 Å². The maximum atomic E-state index is 4.77. The van der Waals surface area contributed by atoms with E-state index in [0.717, 1.165) is 41.0 Å². The first-order valence-corrected chi connectivity index (χ1v) is 7.74. The Morgan fingerprint density at radius 3 is 2.73 bits per heavy atom. The molecular formula is C21H23N. The minimum Gasteiger partial charge on any atom is -0.258 e. The van der Waals surface area contributed by atoms with Gasteiger partial charge in [0.05, 0.1) is 0 Å². The molecule has 0 saturated heterocycles. The molecule has 0 atom stereocenters. The van der Waals surface area contributed by atoms with Crippen LogP contribution in [0.25, 0.3) is 0 Å². The fourth-order valence-corrected chi connectivity index (χ4v) is 2.25. The van der Waals surface area contributed by atoms with E-state index in [1.807, 2.05) is 18.2 Å². The Bertz CT molecular complexity index is 667. The number of rotatable bonds is 5. The van der Waals surface area contributed by atoms with Gasteiger partial charge in [-0.1, -0.05) is 74.2 Å². The van der Waals surface area contributed by atoms with Crippen LogP contribution in [-0.4, -0.2) is 5.71 Å². The van der Waals surface area contributed by atoms with Gasteiger partial charge in [0.25, 0.3) is 0 Å². The van der Waals surface area contributed by atoms with E-state index in [1.54, 1.807) is 0 Å². The Hall–Kier alpha value is -2.41. The van der Waals surface area contributed by atoms with Crippen LogP contribution in [0.2, 0.25) is 0 Å². The predicted molar refractivity (Wildman–Crippen MR) is 97.1 cm³/mol. The van der Waals surface area contributed by atoms with Gasteiger partial charge in [-0.25, -0.2) is 0 Å². The lowest BCUT2D eigenvalue weighted by Gasteiger charge is -2.06. The number of benzene rings is 1. The van der Waals surface area contributed by atoms with Crippen molar-refractivity contribution in [2.24, 2.45) is 4.99 Å². The lowest BCUT2D eigenvalue weighted by Crippen LogP contribution is -1.95. The first-order valence-electron chi connectivity index (χ1n) is 7.74. The minimum atomic E-state index is 0.885. The van der Waals surface area contributed by atoms with Crippen LogP contribution in [-0.2, 0) is 0 Å². The van der Waals surface area contributed by atoms with Crippen LogP contribution in [0.3, 0.4) is 0 Å². The van der Waals surface area contributed by atoms with Gasteiger partial charge >= 0.3 is 0 Å². The summed E-state index contributed by atoms with van der Waals surface area (Å²) >= 11 is 0. The van der Waals surface area contributed by atoms with Crippen LogP contribution in [0.15, 0.2) is 95.2 Å². The number of allylic oxidation sites excluding steroid dienone is 9. The van der Waals surface area contributed by atoms with Crippen molar-refractivity contribution in [1.82, 2.24) is 0 Å². The quantitative estimate of drug-likeness (QED) is 0.480. The number of hydrogen-bond acceptors (Lipinski definition) is 1. The van der Waals surface area contributed by atoms with E-state index < -0.39 is 0 Å². The van der Waals surface area contributed by atoms with Crippen LogP contribution < -0.4 is 0 Å². The summed E-state index contributed by atoms with van der Waals surface area (Å²) in [7, 11) is 0. The van der Waals surface area contributed by atoms with Gasteiger partial charge in [0.1, 0.15) is 0 Å². The highest BCUT2D eigenvalue weighted by Gasteiger charge is 2.01. The molecule has 1 aliphatic rings. The molecule has 0 radical (unpaired) electrons. The van der Waals surface area contributed by atoms with E-state index in [0.29, 0.717) is 0 Å². The van der Waals surface area contributed by atoms with Crippen molar-refractivity contribution >= 4 is 5.71 Å². The second-order valence-electron chi connectivity index (χ2n) is 5.27. The molecule has 0 N–H and O–H groups in total. The minimum absolute atomic E-state index is 0.885. The number of aliphatic imine (C=N–C) groups is 1. The highest BCUT2D eigenvalue weighted by Crippen LogP contribution is 2.18. The predicted octanol–water partition coefficient (Wildman–Crippen LogP) is 5.79. The van der Waals surface area contributed by atoms with Crippen LogP contribution in [0.1, 0.15) is 32.3 Å². The third kappa shape index (κ3) is 4.56. The van der Waals surface area contributed by atoms with Crippen LogP contribution in [0.5, 0.6) is 0 Å². The molecule has 0 amide bonds. The molecule has 0 bridgehead atoms. The van der Waals surface area contributed by atoms with Crippen LogP contribution in [0.4, 0.5) is 0 Å². The topological polar surface area (TPSA) is 12.4 Å². The van der Waals surface area contributed by atoms with Crippen LogP contribution >= 0.6 is 0 Å². The van der Waals surface area contributed by atoms with Gasteiger partial charge in [0, 0.05) is 11.4 Å². The molecule has 0 fully saturated rings. The van der Waals surface area contributed by atoms with Gasteiger partial charge in [0.15, 0.2) is 0 Å². The maximum Gasteiger partial charge on any atom is 0.0448 e. The zero-order valence-corrected chi connectivity index (χ0v) is 13.4. The molecule has 0 aromatic heterocycles. The first-order chi connectivity index (χ1) is 10.7. The third-order valence-electron chi connectivity index (χ3n) is 3.56. The molecular weight excluding hydrogens is 266 g/mol. The Balaban J connectivity index is 2.22. The smallest absolute Gasteiger partial charge is 0.0448 e. The van der Waals surface area contributed by atoms with Crippen molar-refractivity contribution in [2.75, 3.05) is 0 Å². The number of nitrogens with zero attached hydrogens (tertiary/aromatic N) is 1. The largest absolute Gasteiger partial charge is 0.258 e. The molecule has 0 unspecified atom stereocenters. The van der Waals surface area contributed by atoms with Gasteiger partial charge in [-0.05, 0) is 42.6 Å². The molecule has 0 spiro atoms. The summed E-state index contributed by atoms with van der Waals surface area (Å²) in [6, 6.07) is 10.3. The fourth-order valence-electron chi connectivity index (χ4n) is 2.25. The molecule has 1 aromatic rings. The maximum absolute atomic E-state index is 4.77. The van der Waals surface area contributed by atoms with Gasteiger partial charge in [-0.3, -0.25) is 4.99 Å². The van der Waals surface area contributed by atoms with Gasteiger partial charge in [-0.2, -0.15) is 0 Å². The highest BCUT2D eigenvalue weighted by molar-refractivity contribution is 5.99. The molecule has 112 valence electrons. The third-order valence-corrected chi connectivity index (χ3v) is 3.56. The van der Waals surface area contributed by atoms with Crippen molar-refractivity contribution in [3.05, 3.63) is 95.8 Å². The monoisotopic (exact) mass is 289 g/mol. The van der Waals surface area contributed by atoms with E-state index in [2.05, 4.69) is 69.0 Å². The Morgan fingerprint density at radius 1 is 1.23 bits per heavy atom. The van der Waals surface area contributed by atoms with Crippen molar-refractivity contribution in [3.63, 3.8) is 0 Å². The second-order valence-corrected chi connectivity index (χ2v) is 5.27. The van der Waals surface area contributed by atoms with Crippen molar-refractivity contribution in [2.45, 2.75) is 26.7 Å². The summed E-state index contributed by atoms with van der Waals surface area (Å²) in [5, 5.41) is 0. The highest BCUT2D eigenvalue weighted by atomic mass is 14.7. The molecule has 1 aliphatic carbocycles. The Labute approximate surface area is 133 Å². The molecule has 1 heteroatoms. The normalized spacial score (nSPS) is 15.5. The van der Waals surface area contributed by atoms with Crippen LogP contribution in [0, 0.1) is 0 Å². The van der Waals surface area contributed by atoms with Crippen molar-refractivity contribution < 1.29 is 0 Å². The fraction of sp³-hybridized carbons (Fsp3) is 0.190. The van der Waals surface area contributed by atoms with Gasteiger partial charge in [-0.15, -0.1) is 0 Å². The lowest BCUT2D eigenvalue weighted by atomic mass is 10.1. The molecule has 0 aliphatic heterocycles. The van der Waals surface area contributed by atoms with E-state index in [1.165, 1.54) is 0 Å².